The van der Waals surface area contributed by atoms with E-state index in [4.69, 9.17) is 18.5 Å². The van der Waals surface area contributed by atoms with E-state index < -0.39 is 10.7 Å². The van der Waals surface area contributed by atoms with Gasteiger partial charge in [-0.05, 0) is 135 Å². The summed E-state index contributed by atoms with van der Waals surface area (Å²) < 4.78 is 28.7. The van der Waals surface area contributed by atoms with Crippen molar-refractivity contribution < 1.29 is 18.5 Å². The SMILES string of the molecule is CCCC(C)(Oc1ccc(C)cc1C)POc1c(C(C)(C)C)cc(C(C)(C)C)c(C)c1Sc1c(C)c(C(C)(C)C)cc(C(C)(C)C)c1OPC(C)(CCC)Oc1ccc(C)cc1C. The highest BCUT2D eigenvalue weighted by molar-refractivity contribution is 7.99. The number of aryl methyl sites for hydroxylation is 4. The van der Waals surface area contributed by atoms with Gasteiger partial charge in [0.15, 0.2) is 10.7 Å². The fourth-order valence-corrected chi connectivity index (χ4v) is 12.0. The number of ether oxygens (including phenoxy) is 2. The topological polar surface area (TPSA) is 36.9 Å². The van der Waals surface area contributed by atoms with Crippen molar-refractivity contribution >= 4 is 29.4 Å². The molecular weight excluding hydrogens is 831 g/mol. The van der Waals surface area contributed by atoms with Crippen LogP contribution in [0, 0.1) is 41.5 Å². The highest BCUT2D eigenvalue weighted by Gasteiger charge is 2.37. The van der Waals surface area contributed by atoms with E-state index in [9.17, 15) is 0 Å². The summed E-state index contributed by atoms with van der Waals surface area (Å²) in [5.41, 5.74) is 11.7. The first-order chi connectivity index (χ1) is 28.8. The van der Waals surface area contributed by atoms with E-state index in [1.54, 1.807) is 0 Å². The first kappa shape index (κ1) is 52.9. The monoisotopic (exact) mass is 915 g/mol. The van der Waals surface area contributed by atoms with Crippen molar-refractivity contribution in [3.05, 3.63) is 104 Å². The van der Waals surface area contributed by atoms with Crippen molar-refractivity contribution in [2.45, 2.75) is 220 Å². The van der Waals surface area contributed by atoms with Crippen molar-refractivity contribution in [3.63, 3.8) is 0 Å². The van der Waals surface area contributed by atoms with Crippen molar-refractivity contribution in [2.75, 3.05) is 0 Å². The van der Waals surface area contributed by atoms with Crippen molar-refractivity contribution in [1.82, 2.24) is 0 Å². The molecule has 4 rings (SSSR count). The van der Waals surface area contributed by atoms with Crippen LogP contribution in [0.1, 0.15) is 192 Å². The van der Waals surface area contributed by atoms with Crippen LogP contribution in [0.5, 0.6) is 23.0 Å². The van der Waals surface area contributed by atoms with Crippen molar-refractivity contribution in [2.24, 2.45) is 0 Å². The van der Waals surface area contributed by atoms with Gasteiger partial charge in [0.1, 0.15) is 40.6 Å². The largest absolute Gasteiger partial charge is 0.480 e. The lowest BCUT2D eigenvalue weighted by molar-refractivity contribution is 0.161. The van der Waals surface area contributed by atoms with Crippen molar-refractivity contribution in [3.8, 4) is 23.0 Å². The summed E-state index contributed by atoms with van der Waals surface area (Å²) >= 11 is 1.84. The molecule has 0 fully saturated rings. The van der Waals surface area contributed by atoms with Gasteiger partial charge in [0, 0.05) is 11.1 Å². The van der Waals surface area contributed by atoms with Crippen LogP contribution in [0.25, 0.3) is 0 Å². The Labute approximate surface area is 393 Å². The molecule has 4 aromatic rings. The van der Waals surface area contributed by atoms with E-state index in [0.29, 0.717) is 0 Å². The van der Waals surface area contributed by atoms with Gasteiger partial charge in [-0.1, -0.05) is 169 Å². The molecule has 0 heterocycles. The molecule has 0 aliphatic carbocycles. The van der Waals surface area contributed by atoms with Gasteiger partial charge in [-0.15, -0.1) is 0 Å². The fraction of sp³-hybridized carbons (Fsp3) is 0.571. The molecule has 7 heteroatoms. The molecule has 0 aliphatic rings. The lowest BCUT2D eigenvalue weighted by atomic mass is 9.78. The van der Waals surface area contributed by atoms with E-state index in [1.165, 1.54) is 44.5 Å². The quantitative estimate of drug-likeness (QED) is 0.105. The maximum absolute atomic E-state index is 7.40. The zero-order chi connectivity index (χ0) is 47.7. The van der Waals surface area contributed by atoms with Crippen LogP contribution in [0.3, 0.4) is 0 Å². The van der Waals surface area contributed by atoms with Gasteiger partial charge in [-0.2, -0.15) is 0 Å². The summed E-state index contributed by atoms with van der Waals surface area (Å²) in [6.45, 7) is 49.9. The predicted molar refractivity (Wildman–Crippen MR) is 279 cm³/mol. The van der Waals surface area contributed by atoms with Gasteiger partial charge in [0.05, 0.1) is 9.79 Å². The van der Waals surface area contributed by atoms with Gasteiger partial charge in [-0.3, -0.25) is 0 Å². The molecule has 0 saturated carbocycles. The number of benzene rings is 4. The van der Waals surface area contributed by atoms with E-state index >= 15 is 0 Å². The first-order valence-corrected chi connectivity index (χ1v) is 25.9. The second kappa shape index (κ2) is 20.0. The normalized spacial score (nSPS) is 15.0. The summed E-state index contributed by atoms with van der Waals surface area (Å²) in [5.74, 6) is 3.73. The summed E-state index contributed by atoms with van der Waals surface area (Å²) in [6, 6.07) is 17.8. The lowest BCUT2D eigenvalue weighted by Crippen LogP contribution is -2.28. The molecule has 4 atom stereocenters. The molecule has 0 saturated heterocycles. The van der Waals surface area contributed by atoms with Gasteiger partial charge < -0.3 is 18.5 Å². The minimum Gasteiger partial charge on any atom is -0.480 e. The van der Waals surface area contributed by atoms with Crippen LogP contribution in [-0.4, -0.2) is 10.7 Å². The van der Waals surface area contributed by atoms with Crippen LogP contribution in [-0.2, 0) is 21.7 Å². The van der Waals surface area contributed by atoms with Crippen LogP contribution in [0.2, 0.25) is 0 Å². The molecule has 0 N–H and O–H groups in total. The molecule has 0 radical (unpaired) electrons. The molecule has 4 aromatic carbocycles. The van der Waals surface area contributed by atoms with Gasteiger partial charge in [0.25, 0.3) is 0 Å². The Kier molecular flexibility index (Phi) is 16.8. The second-order valence-corrected chi connectivity index (χ2v) is 26.7. The smallest absolute Gasteiger partial charge is 0.158 e. The van der Waals surface area contributed by atoms with E-state index in [2.05, 4.69) is 201 Å². The Morgan fingerprint density at radius 1 is 0.444 bits per heavy atom. The average molecular weight is 915 g/mol. The third-order valence-electron chi connectivity index (χ3n) is 11.9. The number of hydrogen-bond acceptors (Lipinski definition) is 5. The summed E-state index contributed by atoms with van der Waals surface area (Å²) in [4.78, 5) is 2.30. The van der Waals surface area contributed by atoms with Crippen LogP contribution < -0.4 is 18.5 Å². The van der Waals surface area contributed by atoms with Crippen LogP contribution in [0.4, 0.5) is 0 Å². The Balaban J connectivity index is 2.03. The standard InChI is InChI=1S/C56H84O4P2S/c1-23-29-55(21,57-45-27-25-35(3)31-37(45)5)61-59-47-43(53(15,16)17)33-41(51(9,10)11)39(7)49(47)63-50-40(8)42(52(12,13)14)34-44(54(18,19)20)48(50)60-62-56(22,30-24-2)58-46-28-26-36(4)32-38(46)6/h25-28,31-34,61-62H,23-24,29-30H2,1-22H3. The molecule has 0 bridgehead atoms. The molecule has 0 aromatic heterocycles. The Morgan fingerprint density at radius 2 is 0.762 bits per heavy atom. The van der Waals surface area contributed by atoms with Crippen LogP contribution >= 0.6 is 29.4 Å². The Bertz CT molecular complexity index is 2080. The summed E-state index contributed by atoms with van der Waals surface area (Å²) in [6.07, 6.45) is 3.69. The lowest BCUT2D eigenvalue weighted by Gasteiger charge is -2.36. The highest BCUT2D eigenvalue weighted by Crippen LogP contribution is 2.56. The molecule has 0 amide bonds. The summed E-state index contributed by atoms with van der Waals surface area (Å²) in [7, 11) is 0.116. The zero-order valence-electron chi connectivity index (χ0n) is 43.5. The third-order valence-corrected chi connectivity index (χ3v) is 15.5. The van der Waals surface area contributed by atoms with Gasteiger partial charge in [-0.25, -0.2) is 0 Å². The Hall–Kier alpha value is -2.71. The highest BCUT2D eigenvalue weighted by atomic mass is 32.2. The van der Waals surface area contributed by atoms with E-state index in [0.717, 1.165) is 69.6 Å². The number of rotatable bonds is 16. The summed E-state index contributed by atoms with van der Waals surface area (Å²) in [5, 5.41) is -1.06. The predicted octanol–water partition coefficient (Wildman–Crippen LogP) is 18.0. The molecule has 348 valence electrons. The second-order valence-electron chi connectivity index (χ2n) is 22.7. The molecule has 0 spiro atoms. The van der Waals surface area contributed by atoms with E-state index in [1.807, 2.05) is 11.8 Å². The van der Waals surface area contributed by atoms with Crippen molar-refractivity contribution in [1.29, 1.82) is 0 Å². The molecule has 4 unspecified atom stereocenters. The number of hydrogen-bond donors (Lipinski definition) is 0. The maximum atomic E-state index is 7.40. The van der Waals surface area contributed by atoms with Gasteiger partial charge in [0.2, 0.25) is 0 Å². The maximum Gasteiger partial charge on any atom is 0.158 e. The molecule has 0 aliphatic heterocycles. The molecular formula is C56H84O4P2S. The first-order valence-electron chi connectivity index (χ1n) is 23.3. The third kappa shape index (κ3) is 13.2. The minimum absolute atomic E-state index is 0.0581. The molecule has 4 nitrogen and oxygen atoms in total. The zero-order valence-corrected chi connectivity index (χ0v) is 46.3. The fourth-order valence-electron chi connectivity index (χ4n) is 8.52. The molecule has 63 heavy (non-hydrogen) atoms. The minimum atomic E-state index is -0.529. The van der Waals surface area contributed by atoms with Gasteiger partial charge >= 0.3 is 0 Å². The Morgan fingerprint density at radius 3 is 1.03 bits per heavy atom. The van der Waals surface area contributed by atoms with E-state index in [-0.39, 0.29) is 39.3 Å². The average Bonchev–Trinajstić information content (AvgIpc) is 3.12. The van der Waals surface area contributed by atoms with Crippen LogP contribution in [0.15, 0.2) is 58.3 Å².